The van der Waals surface area contributed by atoms with Crippen molar-refractivity contribution < 1.29 is 24.2 Å². The Labute approximate surface area is 94.9 Å². The zero-order valence-electron chi connectivity index (χ0n) is 9.86. The molecule has 0 fully saturated rings. The van der Waals surface area contributed by atoms with Crippen LogP contribution in [0.3, 0.4) is 0 Å². The van der Waals surface area contributed by atoms with Crippen LogP contribution < -0.4 is 5.32 Å². The van der Waals surface area contributed by atoms with Crippen molar-refractivity contribution in [2.75, 3.05) is 20.8 Å². The summed E-state index contributed by atoms with van der Waals surface area (Å²) < 4.78 is 9.67. The second-order valence-electron chi connectivity index (χ2n) is 3.50. The summed E-state index contributed by atoms with van der Waals surface area (Å²) in [6.45, 7) is 1.80. The Morgan fingerprint density at radius 1 is 1.38 bits per heavy atom. The Morgan fingerprint density at radius 2 is 2.00 bits per heavy atom. The molecule has 0 bridgehead atoms. The van der Waals surface area contributed by atoms with Gasteiger partial charge in [0.25, 0.3) is 0 Å². The molecule has 6 heteroatoms. The van der Waals surface area contributed by atoms with Gasteiger partial charge >= 0.3 is 5.97 Å². The van der Waals surface area contributed by atoms with Crippen LogP contribution in [0.15, 0.2) is 0 Å². The average Bonchev–Trinajstić information content (AvgIpc) is 2.25. The van der Waals surface area contributed by atoms with Gasteiger partial charge in [-0.1, -0.05) is 0 Å². The molecule has 0 saturated heterocycles. The van der Waals surface area contributed by atoms with E-state index in [0.29, 0.717) is 6.42 Å². The van der Waals surface area contributed by atoms with Crippen LogP contribution in [0.2, 0.25) is 0 Å². The van der Waals surface area contributed by atoms with Crippen LogP contribution in [0.5, 0.6) is 0 Å². The number of hydrogen-bond acceptors (Lipinski definition) is 4. The van der Waals surface area contributed by atoms with Crippen molar-refractivity contribution in [1.82, 2.24) is 5.32 Å². The first-order valence-electron chi connectivity index (χ1n) is 5.05. The maximum atomic E-state index is 11.4. The summed E-state index contributed by atoms with van der Waals surface area (Å²) in [5, 5.41) is 11.1. The first kappa shape index (κ1) is 14.9. The number of carboxylic acids is 1. The van der Waals surface area contributed by atoms with Gasteiger partial charge in [0, 0.05) is 20.6 Å². The molecule has 16 heavy (non-hydrogen) atoms. The molecular weight excluding hydrogens is 214 g/mol. The van der Waals surface area contributed by atoms with Gasteiger partial charge in [-0.2, -0.15) is 0 Å². The maximum Gasteiger partial charge on any atom is 0.328 e. The lowest BCUT2D eigenvalue weighted by Gasteiger charge is -2.14. The maximum absolute atomic E-state index is 11.4. The van der Waals surface area contributed by atoms with E-state index >= 15 is 0 Å². The van der Waals surface area contributed by atoms with E-state index in [-0.39, 0.29) is 25.0 Å². The summed E-state index contributed by atoms with van der Waals surface area (Å²) in [6, 6.07) is -0.990. The summed E-state index contributed by atoms with van der Waals surface area (Å²) in [4.78, 5) is 22.1. The molecule has 0 aromatic heterocycles. The number of amides is 1. The van der Waals surface area contributed by atoms with Crippen molar-refractivity contribution in [1.29, 1.82) is 0 Å². The summed E-state index contributed by atoms with van der Waals surface area (Å²) in [5.41, 5.74) is 0. The van der Waals surface area contributed by atoms with Gasteiger partial charge in [0.2, 0.25) is 5.91 Å². The number of hydrogen-bond donors (Lipinski definition) is 2. The minimum absolute atomic E-state index is 0.0172. The highest BCUT2D eigenvalue weighted by Gasteiger charge is 2.19. The van der Waals surface area contributed by atoms with Gasteiger partial charge in [-0.05, 0) is 13.3 Å². The summed E-state index contributed by atoms with van der Waals surface area (Å²) >= 11 is 0. The zero-order chi connectivity index (χ0) is 12.6. The largest absolute Gasteiger partial charge is 0.480 e. The third-order valence-corrected chi connectivity index (χ3v) is 2.15. The van der Waals surface area contributed by atoms with Crippen molar-refractivity contribution in [3.05, 3.63) is 0 Å². The third-order valence-electron chi connectivity index (χ3n) is 2.15. The van der Waals surface area contributed by atoms with Gasteiger partial charge in [-0.25, -0.2) is 4.79 Å². The van der Waals surface area contributed by atoms with Crippen LogP contribution in [-0.2, 0) is 19.1 Å². The lowest BCUT2D eigenvalue weighted by molar-refractivity contribution is -0.143. The van der Waals surface area contributed by atoms with Crippen molar-refractivity contribution in [2.24, 2.45) is 0 Å². The van der Waals surface area contributed by atoms with Crippen LogP contribution in [-0.4, -0.2) is 50.0 Å². The highest BCUT2D eigenvalue weighted by atomic mass is 16.5. The number of nitrogens with one attached hydrogen (secondary N) is 1. The van der Waals surface area contributed by atoms with Gasteiger partial charge in [-0.15, -0.1) is 0 Å². The Balaban J connectivity index is 3.95. The quantitative estimate of drug-likeness (QED) is 0.617. The Kier molecular flexibility index (Phi) is 7.49. The molecule has 2 N–H and O–H groups in total. The molecule has 0 aromatic rings. The standard InChI is InChI=1S/C10H19NO5/c1-7(16-3)4-5-9(12)11-8(6-15-2)10(13)14/h7-8H,4-6H2,1-3H3,(H,11,12)(H,13,14). The lowest BCUT2D eigenvalue weighted by atomic mass is 10.2. The first-order chi connectivity index (χ1) is 7.51. The molecular formula is C10H19NO5. The van der Waals surface area contributed by atoms with E-state index in [9.17, 15) is 9.59 Å². The molecule has 94 valence electrons. The predicted molar refractivity (Wildman–Crippen MR) is 57.1 cm³/mol. The number of rotatable bonds is 8. The van der Waals surface area contributed by atoms with Crippen LogP contribution >= 0.6 is 0 Å². The molecule has 0 aliphatic rings. The summed E-state index contributed by atoms with van der Waals surface area (Å²) in [5.74, 6) is -1.41. The molecule has 0 aliphatic heterocycles. The van der Waals surface area contributed by atoms with Crippen LogP contribution in [0, 0.1) is 0 Å². The number of ether oxygens (including phenoxy) is 2. The second-order valence-corrected chi connectivity index (χ2v) is 3.50. The molecule has 2 unspecified atom stereocenters. The second kappa shape index (κ2) is 8.06. The van der Waals surface area contributed by atoms with E-state index in [1.165, 1.54) is 7.11 Å². The number of carboxylic acid groups (broad SMARTS) is 1. The average molecular weight is 233 g/mol. The minimum atomic E-state index is -1.10. The van der Waals surface area contributed by atoms with Crippen LogP contribution in [0.1, 0.15) is 19.8 Å². The van der Waals surface area contributed by atoms with Crippen LogP contribution in [0.25, 0.3) is 0 Å². The normalized spacial score (nSPS) is 14.2. The topological polar surface area (TPSA) is 84.9 Å². The number of carbonyl (C=O) groups excluding carboxylic acids is 1. The van der Waals surface area contributed by atoms with Gasteiger partial charge in [-0.3, -0.25) is 4.79 Å². The molecule has 0 heterocycles. The zero-order valence-corrected chi connectivity index (χ0v) is 9.86. The van der Waals surface area contributed by atoms with E-state index in [4.69, 9.17) is 14.6 Å². The smallest absolute Gasteiger partial charge is 0.328 e. The Hall–Kier alpha value is -1.14. The number of aliphatic carboxylic acids is 1. The SMILES string of the molecule is COCC(NC(=O)CCC(C)OC)C(=O)O. The third kappa shape index (κ3) is 6.36. The molecule has 0 aliphatic carbocycles. The van der Waals surface area contributed by atoms with E-state index in [1.807, 2.05) is 6.92 Å². The molecule has 0 radical (unpaired) electrons. The van der Waals surface area contributed by atoms with Gasteiger partial charge in [0.05, 0.1) is 12.7 Å². The molecule has 0 rings (SSSR count). The lowest BCUT2D eigenvalue weighted by Crippen LogP contribution is -2.43. The molecule has 0 saturated carbocycles. The Bertz CT molecular complexity index is 231. The van der Waals surface area contributed by atoms with E-state index < -0.39 is 12.0 Å². The fourth-order valence-corrected chi connectivity index (χ4v) is 1.06. The van der Waals surface area contributed by atoms with Crippen molar-refractivity contribution >= 4 is 11.9 Å². The van der Waals surface area contributed by atoms with Gasteiger partial charge in [0.15, 0.2) is 6.04 Å². The molecule has 0 spiro atoms. The predicted octanol–water partition coefficient (Wildman–Crippen LogP) is 0.0173. The molecule has 1 amide bonds. The molecule has 6 nitrogen and oxygen atoms in total. The monoisotopic (exact) mass is 233 g/mol. The number of carbonyl (C=O) groups is 2. The van der Waals surface area contributed by atoms with Crippen molar-refractivity contribution in [2.45, 2.75) is 31.9 Å². The van der Waals surface area contributed by atoms with Crippen molar-refractivity contribution in [3.8, 4) is 0 Å². The van der Waals surface area contributed by atoms with E-state index in [1.54, 1.807) is 7.11 Å². The molecule has 0 aromatic carbocycles. The highest BCUT2D eigenvalue weighted by molar-refractivity contribution is 5.83. The summed E-state index contributed by atoms with van der Waals surface area (Å²) in [6.07, 6.45) is 0.779. The summed E-state index contributed by atoms with van der Waals surface area (Å²) in [7, 11) is 2.95. The fraction of sp³-hybridized carbons (Fsp3) is 0.800. The van der Waals surface area contributed by atoms with Gasteiger partial charge < -0.3 is 19.9 Å². The Morgan fingerprint density at radius 3 is 2.44 bits per heavy atom. The van der Waals surface area contributed by atoms with Crippen molar-refractivity contribution in [3.63, 3.8) is 0 Å². The van der Waals surface area contributed by atoms with E-state index in [2.05, 4.69) is 5.32 Å². The first-order valence-corrected chi connectivity index (χ1v) is 5.05. The molecule has 2 atom stereocenters. The highest BCUT2D eigenvalue weighted by Crippen LogP contribution is 2.00. The minimum Gasteiger partial charge on any atom is -0.480 e. The van der Waals surface area contributed by atoms with E-state index in [0.717, 1.165) is 0 Å². The fourth-order valence-electron chi connectivity index (χ4n) is 1.06. The van der Waals surface area contributed by atoms with Crippen LogP contribution in [0.4, 0.5) is 0 Å². The van der Waals surface area contributed by atoms with Gasteiger partial charge in [0.1, 0.15) is 0 Å². The number of methoxy groups -OCH3 is 2.